The van der Waals surface area contributed by atoms with E-state index in [0.29, 0.717) is 17.3 Å². The van der Waals surface area contributed by atoms with Crippen molar-refractivity contribution in [3.63, 3.8) is 0 Å². The molecule has 2 heterocycles. The Bertz CT molecular complexity index is 619. The molecule has 7 heteroatoms. The van der Waals surface area contributed by atoms with E-state index < -0.39 is 10.0 Å². The Kier molecular flexibility index (Phi) is 5.03. The first-order chi connectivity index (χ1) is 9.04. The van der Waals surface area contributed by atoms with Crippen LogP contribution in [0.5, 0.6) is 0 Å². The third kappa shape index (κ3) is 3.58. The van der Waals surface area contributed by atoms with Crippen molar-refractivity contribution in [2.24, 2.45) is 0 Å². The maximum atomic E-state index is 12.3. The van der Waals surface area contributed by atoms with Crippen LogP contribution in [0.2, 0.25) is 0 Å². The van der Waals surface area contributed by atoms with Crippen LogP contribution >= 0.6 is 34.3 Å². The van der Waals surface area contributed by atoms with Crippen molar-refractivity contribution < 1.29 is 8.42 Å². The van der Waals surface area contributed by atoms with E-state index in [2.05, 4.69) is 0 Å². The van der Waals surface area contributed by atoms with E-state index in [9.17, 15) is 8.42 Å². The van der Waals surface area contributed by atoms with Gasteiger partial charge in [0.2, 0.25) is 10.0 Å². The first-order valence-corrected chi connectivity index (χ1v) is 9.39. The van der Waals surface area contributed by atoms with Crippen LogP contribution in [0.4, 0.5) is 0 Å². The Hall–Kier alpha value is -0.400. The maximum absolute atomic E-state index is 12.3. The topological polar surface area (TPSA) is 37.4 Å². The fraction of sp³-hybridized carbons (Fsp3) is 0.333. The number of nitrogens with zero attached hydrogens (tertiary/aromatic N) is 1. The van der Waals surface area contributed by atoms with Crippen molar-refractivity contribution in [1.82, 2.24) is 4.31 Å². The number of likely N-dealkylation sites (N-methyl/N-ethyl adjacent to an activating group) is 1. The summed E-state index contributed by atoms with van der Waals surface area (Å²) in [5, 5.41) is 3.64. The van der Waals surface area contributed by atoms with Gasteiger partial charge in [-0.15, -0.1) is 34.3 Å². The van der Waals surface area contributed by atoms with E-state index >= 15 is 0 Å². The molecule has 0 fully saturated rings. The highest BCUT2D eigenvalue weighted by Crippen LogP contribution is 2.23. The summed E-state index contributed by atoms with van der Waals surface area (Å²) >= 11 is 8.72. The molecular formula is C12H14ClNO2S3. The molecule has 0 saturated heterocycles. The van der Waals surface area contributed by atoms with Gasteiger partial charge in [-0.2, -0.15) is 0 Å². The maximum Gasteiger partial charge on any atom is 0.243 e. The minimum Gasteiger partial charge on any atom is -0.207 e. The second kappa shape index (κ2) is 6.37. The molecule has 0 amide bonds. The van der Waals surface area contributed by atoms with E-state index in [1.54, 1.807) is 29.8 Å². The zero-order valence-electron chi connectivity index (χ0n) is 10.4. The van der Waals surface area contributed by atoms with Crippen molar-refractivity contribution in [2.45, 2.75) is 17.2 Å². The number of thiophene rings is 2. The molecule has 0 spiro atoms. The molecule has 0 saturated carbocycles. The second-order valence-electron chi connectivity index (χ2n) is 4.04. The quantitative estimate of drug-likeness (QED) is 0.759. The number of hydrogen-bond donors (Lipinski definition) is 0. The third-order valence-electron chi connectivity index (χ3n) is 2.72. The van der Waals surface area contributed by atoms with Gasteiger partial charge in [0, 0.05) is 28.7 Å². The highest BCUT2D eigenvalue weighted by atomic mass is 35.5. The molecule has 3 nitrogen and oxygen atoms in total. The van der Waals surface area contributed by atoms with Crippen molar-refractivity contribution in [1.29, 1.82) is 0 Å². The van der Waals surface area contributed by atoms with Crippen molar-refractivity contribution in [3.8, 4) is 0 Å². The van der Waals surface area contributed by atoms with Gasteiger partial charge >= 0.3 is 0 Å². The molecule has 2 aromatic heterocycles. The summed E-state index contributed by atoms with van der Waals surface area (Å²) in [7, 11) is -1.78. The Morgan fingerprint density at radius 3 is 2.68 bits per heavy atom. The summed E-state index contributed by atoms with van der Waals surface area (Å²) < 4.78 is 26.0. The van der Waals surface area contributed by atoms with Crippen molar-refractivity contribution in [3.05, 3.63) is 38.7 Å². The zero-order valence-corrected chi connectivity index (χ0v) is 13.6. The zero-order chi connectivity index (χ0) is 13.9. The number of alkyl halides is 1. The molecule has 0 aliphatic rings. The number of hydrogen-bond acceptors (Lipinski definition) is 4. The number of sulfonamides is 1. The molecule has 19 heavy (non-hydrogen) atoms. The lowest BCUT2D eigenvalue weighted by Crippen LogP contribution is -2.28. The minimum absolute atomic E-state index is 0.335. The van der Waals surface area contributed by atoms with Gasteiger partial charge < -0.3 is 0 Å². The van der Waals surface area contributed by atoms with E-state index in [-0.39, 0.29) is 0 Å². The molecule has 0 aliphatic heterocycles. The molecule has 104 valence electrons. The highest BCUT2D eigenvalue weighted by molar-refractivity contribution is 7.89. The monoisotopic (exact) mass is 335 g/mol. The van der Waals surface area contributed by atoms with Gasteiger partial charge in [-0.05, 0) is 23.9 Å². The van der Waals surface area contributed by atoms with Gasteiger partial charge in [-0.1, -0.05) is 6.07 Å². The summed E-state index contributed by atoms with van der Waals surface area (Å²) in [5.74, 6) is 0.346. The predicted molar refractivity (Wildman–Crippen MR) is 81.7 cm³/mol. The molecule has 0 bridgehead atoms. The van der Waals surface area contributed by atoms with Crippen LogP contribution in [0.3, 0.4) is 0 Å². The van der Waals surface area contributed by atoms with E-state index in [4.69, 9.17) is 11.6 Å². The first kappa shape index (κ1) is 15.0. The molecule has 0 unspecified atom stereocenters. The van der Waals surface area contributed by atoms with Gasteiger partial charge in [0.15, 0.2) is 0 Å². The molecule has 0 aliphatic carbocycles. The number of rotatable bonds is 6. The van der Waals surface area contributed by atoms with Crippen LogP contribution in [0.1, 0.15) is 9.75 Å². The lowest BCUT2D eigenvalue weighted by atomic mass is 10.3. The van der Waals surface area contributed by atoms with Crippen LogP contribution in [0, 0.1) is 0 Å². The van der Waals surface area contributed by atoms with Gasteiger partial charge in [-0.3, -0.25) is 0 Å². The summed E-state index contributed by atoms with van der Waals surface area (Å²) in [4.78, 5) is 2.39. The van der Waals surface area contributed by atoms with E-state index in [1.165, 1.54) is 20.5 Å². The fourth-order valence-corrected chi connectivity index (χ4v) is 4.83. The van der Waals surface area contributed by atoms with Gasteiger partial charge in [0.1, 0.15) is 0 Å². The van der Waals surface area contributed by atoms with Gasteiger partial charge in [0.05, 0.1) is 10.8 Å². The normalized spacial score (nSPS) is 12.2. The SMILES string of the molecule is CN(CCc1cccs1)S(=O)(=O)c1csc(CCl)c1. The van der Waals surface area contributed by atoms with Gasteiger partial charge in [0.25, 0.3) is 0 Å². The smallest absolute Gasteiger partial charge is 0.207 e. The summed E-state index contributed by atoms with van der Waals surface area (Å²) in [6, 6.07) is 5.64. The molecule has 0 atom stereocenters. The van der Waals surface area contributed by atoms with E-state index in [1.807, 2.05) is 17.5 Å². The Morgan fingerprint density at radius 1 is 1.32 bits per heavy atom. The Balaban J connectivity index is 2.06. The second-order valence-corrected chi connectivity index (χ2v) is 8.38. The third-order valence-corrected chi connectivity index (χ3v) is 7.03. The molecule has 2 rings (SSSR count). The standard InChI is InChI=1S/C12H14ClNO2S3/c1-14(5-4-10-3-2-6-17-10)19(15,16)12-7-11(8-13)18-9-12/h2-3,6-7,9H,4-5,8H2,1H3. The minimum atomic E-state index is -3.39. The van der Waals surface area contributed by atoms with E-state index in [0.717, 1.165) is 11.3 Å². The molecule has 0 N–H and O–H groups in total. The highest BCUT2D eigenvalue weighted by Gasteiger charge is 2.21. The Labute approximate surface area is 126 Å². The van der Waals surface area contributed by atoms with Crippen LogP contribution in [0.15, 0.2) is 33.9 Å². The average Bonchev–Trinajstić information content (AvgIpc) is 3.06. The first-order valence-electron chi connectivity index (χ1n) is 5.66. The van der Waals surface area contributed by atoms with Crippen LogP contribution in [-0.4, -0.2) is 26.3 Å². The average molecular weight is 336 g/mol. The lowest BCUT2D eigenvalue weighted by Gasteiger charge is -2.15. The molecular weight excluding hydrogens is 322 g/mol. The lowest BCUT2D eigenvalue weighted by molar-refractivity contribution is 0.474. The van der Waals surface area contributed by atoms with Crippen molar-refractivity contribution in [2.75, 3.05) is 13.6 Å². The summed E-state index contributed by atoms with van der Waals surface area (Å²) in [6.45, 7) is 0.481. The number of halogens is 1. The largest absolute Gasteiger partial charge is 0.243 e. The van der Waals surface area contributed by atoms with Crippen LogP contribution in [-0.2, 0) is 22.3 Å². The summed E-state index contributed by atoms with van der Waals surface area (Å²) in [6.07, 6.45) is 0.736. The van der Waals surface area contributed by atoms with Gasteiger partial charge in [-0.25, -0.2) is 12.7 Å². The van der Waals surface area contributed by atoms with Crippen molar-refractivity contribution >= 4 is 44.3 Å². The molecule has 2 aromatic rings. The molecule has 0 radical (unpaired) electrons. The Morgan fingerprint density at radius 2 is 2.11 bits per heavy atom. The van der Waals surface area contributed by atoms with Crippen LogP contribution in [0.25, 0.3) is 0 Å². The van der Waals surface area contributed by atoms with Crippen LogP contribution < -0.4 is 0 Å². The molecule has 0 aromatic carbocycles. The summed E-state index contributed by atoms with van der Waals surface area (Å²) in [5.41, 5.74) is 0. The predicted octanol–water partition coefficient (Wildman–Crippen LogP) is 3.41. The fourth-order valence-electron chi connectivity index (χ4n) is 1.59.